The second-order valence-electron chi connectivity index (χ2n) is 6.26. The molecule has 124 valence electrons. The summed E-state index contributed by atoms with van der Waals surface area (Å²) in [7, 11) is 1.91. The van der Waals surface area contributed by atoms with Gasteiger partial charge in [0.1, 0.15) is 0 Å². The summed E-state index contributed by atoms with van der Waals surface area (Å²) in [5, 5.41) is 7.53. The lowest BCUT2D eigenvalue weighted by molar-refractivity contribution is -0.122. The van der Waals surface area contributed by atoms with Gasteiger partial charge in [-0.2, -0.15) is 5.10 Å². The molecule has 1 heterocycles. The monoisotopic (exact) mass is 313 g/mol. The smallest absolute Gasteiger partial charge is 0.227 e. The van der Waals surface area contributed by atoms with Crippen molar-refractivity contribution in [3.05, 3.63) is 52.3 Å². The van der Waals surface area contributed by atoms with Gasteiger partial charge in [0.15, 0.2) is 0 Å². The number of carbonyl (C=O) groups is 1. The Kier molecular flexibility index (Phi) is 5.24. The molecule has 4 nitrogen and oxygen atoms in total. The van der Waals surface area contributed by atoms with Crippen LogP contribution in [0.4, 0.5) is 0 Å². The number of amides is 1. The molecule has 0 saturated carbocycles. The molecule has 2 rings (SSSR count). The molecular weight excluding hydrogens is 286 g/mol. The lowest BCUT2D eigenvalue weighted by Gasteiger charge is -2.19. The average molecular weight is 313 g/mol. The van der Waals surface area contributed by atoms with E-state index < -0.39 is 0 Å². The molecule has 0 spiro atoms. The van der Waals surface area contributed by atoms with E-state index in [-0.39, 0.29) is 17.9 Å². The number of nitrogens with one attached hydrogen (secondary N) is 1. The number of hydrogen-bond donors (Lipinski definition) is 1. The summed E-state index contributed by atoms with van der Waals surface area (Å²) in [6.45, 7) is 10.1. The molecule has 2 aromatic rings. The predicted octanol–water partition coefficient (Wildman–Crippen LogP) is 3.58. The molecule has 0 fully saturated rings. The van der Waals surface area contributed by atoms with Crippen molar-refractivity contribution in [2.75, 3.05) is 0 Å². The molecule has 4 heteroatoms. The summed E-state index contributed by atoms with van der Waals surface area (Å²) in [5.74, 6) is -0.169. The number of nitrogens with zero attached hydrogens (tertiary/aromatic N) is 2. The van der Waals surface area contributed by atoms with Crippen LogP contribution in [0.3, 0.4) is 0 Å². The summed E-state index contributed by atoms with van der Waals surface area (Å²) in [5.41, 5.74) is 5.43. The van der Waals surface area contributed by atoms with Gasteiger partial charge in [-0.15, -0.1) is 0 Å². The normalized spacial score (nSPS) is 13.7. The van der Waals surface area contributed by atoms with Gasteiger partial charge in [0.25, 0.3) is 0 Å². The molecule has 1 aromatic carbocycles. The molecule has 2 atom stereocenters. The van der Waals surface area contributed by atoms with Crippen LogP contribution in [0.25, 0.3) is 0 Å². The maximum atomic E-state index is 12.6. The van der Waals surface area contributed by atoms with Crippen LogP contribution < -0.4 is 5.32 Å². The van der Waals surface area contributed by atoms with Crippen LogP contribution in [0.5, 0.6) is 0 Å². The number of rotatable bonds is 5. The van der Waals surface area contributed by atoms with Crippen molar-refractivity contribution in [1.82, 2.24) is 15.1 Å². The maximum Gasteiger partial charge on any atom is 0.227 e. The number of benzene rings is 1. The molecule has 0 radical (unpaired) electrons. The summed E-state index contributed by atoms with van der Waals surface area (Å²) in [6.07, 6.45) is 1.03. The van der Waals surface area contributed by atoms with Gasteiger partial charge in [0.2, 0.25) is 5.91 Å². The van der Waals surface area contributed by atoms with Gasteiger partial charge in [0, 0.05) is 18.3 Å². The van der Waals surface area contributed by atoms with Crippen molar-refractivity contribution in [2.45, 2.75) is 53.0 Å². The van der Waals surface area contributed by atoms with E-state index in [0.717, 1.165) is 28.9 Å². The highest BCUT2D eigenvalue weighted by Crippen LogP contribution is 2.24. The first-order valence-electron chi connectivity index (χ1n) is 8.24. The molecule has 0 aliphatic carbocycles. The Balaban J connectivity index is 2.10. The highest BCUT2D eigenvalue weighted by Gasteiger charge is 2.23. The molecule has 1 aromatic heterocycles. The lowest BCUT2D eigenvalue weighted by Crippen LogP contribution is -2.31. The Morgan fingerprint density at radius 1 is 1.22 bits per heavy atom. The van der Waals surface area contributed by atoms with Crippen molar-refractivity contribution >= 4 is 5.91 Å². The van der Waals surface area contributed by atoms with Crippen molar-refractivity contribution in [1.29, 1.82) is 0 Å². The topological polar surface area (TPSA) is 46.9 Å². The van der Waals surface area contributed by atoms with E-state index in [4.69, 9.17) is 0 Å². The third kappa shape index (κ3) is 3.63. The van der Waals surface area contributed by atoms with Crippen molar-refractivity contribution in [3.8, 4) is 0 Å². The van der Waals surface area contributed by atoms with E-state index in [1.165, 1.54) is 5.56 Å². The van der Waals surface area contributed by atoms with E-state index in [1.54, 1.807) is 0 Å². The first-order valence-corrected chi connectivity index (χ1v) is 8.24. The maximum absolute atomic E-state index is 12.6. The van der Waals surface area contributed by atoms with E-state index in [2.05, 4.69) is 41.6 Å². The van der Waals surface area contributed by atoms with Gasteiger partial charge in [0.05, 0.1) is 17.7 Å². The van der Waals surface area contributed by atoms with Gasteiger partial charge >= 0.3 is 0 Å². The number of carbonyl (C=O) groups excluding carboxylic acids is 1. The minimum Gasteiger partial charge on any atom is -0.349 e. The van der Waals surface area contributed by atoms with E-state index in [0.29, 0.717) is 0 Å². The highest BCUT2D eigenvalue weighted by molar-refractivity contribution is 5.84. The minimum atomic E-state index is -0.207. The van der Waals surface area contributed by atoms with Gasteiger partial charge in [-0.25, -0.2) is 0 Å². The second kappa shape index (κ2) is 6.99. The highest BCUT2D eigenvalue weighted by atomic mass is 16.1. The van der Waals surface area contributed by atoms with Crippen LogP contribution in [0.1, 0.15) is 60.8 Å². The minimum absolute atomic E-state index is 0.00635. The first kappa shape index (κ1) is 17.3. The Morgan fingerprint density at radius 2 is 1.83 bits per heavy atom. The van der Waals surface area contributed by atoms with Gasteiger partial charge in [-0.3, -0.25) is 9.48 Å². The largest absolute Gasteiger partial charge is 0.349 e. The standard InChI is InChI=1S/C19H27N3O/c1-7-16-8-10-17(11-9-16)13(3)20-19(23)12(2)18-14(4)21-22(6)15(18)5/h8-13H,7H2,1-6H3,(H,20,23)/t12-,13-/m0/s1. The van der Waals surface area contributed by atoms with Crippen LogP contribution in [0, 0.1) is 13.8 Å². The van der Waals surface area contributed by atoms with Gasteiger partial charge in [-0.1, -0.05) is 31.2 Å². The summed E-state index contributed by atoms with van der Waals surface area (Å²) >= 11 is 0. The zero-order valence-electron chi connectivity index (χ0n) is 15.0. The molecule has 0 saturated heterocycles. The molecule has 0 bridgehead atoms. The van der Waals surface area contributed by atoms with Gasteiger partial charge < -0.3 is 5.32 Å². The Labute approximate surface area is 138 Å². The fraction of sp³-hybridized carbons (Fsp3) is 0.474. The van der Waals surface area contributed by atoms with Crippen molar-refractivity contribution < 1.29 is 4.79 Å². The molecule has 0 unspecified atom stereocenters. The van der Waals surface area contributed by atoms with Gasteiger partial charge in [-0.05, 0) is 45.2 Å². The van der Waals surface area contributed by atoms with Crippen LogP contribution in [0.15, 0.2) is 24.3 Å². The molecular formula is C19H27N3O. The Hall–Kier alpha value is -2.10. The van der Waals surface area contributed by atoms with Crippen LogP contribution in [-0.2, 0) is 18.3 Å². The first-order chi connectivity index (χ1) is 10.8. The van der Waals surface area contributed by atoms with E-state index >= 15 is 0 Å². The summed E-state index contributed by atoms with van der Waals surface area (Å²) in [4.78, 5) is 12.6. The number of hydrogen-bond acceptors (Lipinski definition) is 2. The van der Waals surface area contributed by atoms with E-state index in [1.807, 2.05) is 39.4 Å². The molecule has 0 aliphatic heterocycles. The summed E-state index contributed by atoms with van der Waals surface area (Å²) in [6, 6.07) is 8.42. The average Bonchev–Trinajstić information content (AvgIpc) is 2.79. The zero-order chi connectivity index (χ0) is 17.1. The van der Waals surface area contributed by atoms with E-state index in [9.17, 15) is 4.79 Å². The lowest BCUT2D eigenvalue weighted by atomic mass is 9.97. The Bertz CT molecular complexity index is 685. The van der Waals surface area contributed by atoms with Crippen LogP contribution in [-0.4, -0.2) is 15.7 Å². The number of aromatic nitrogens is 2. The number of aryl methyl sites for hydroxylation is 3. The predicted molar refractivity (Wildman–Crippen MR) is 93.5 cm³/mol. The third-order valence-corrected chi connectivity index (χ3v) is 4.64. The molecule has 1 N–H and O–H groups in total. The van der Waals surface area contributed by atoms with Crippen LogP contribution >= 0.6 is 0 Å². The second-order valence-corrected chi connectivity index (χ2v) is 6.26. The third-order valence-electron chi connectivity index (χ3n) is 4.64. The molecule has 0 aliphatic rings. The molecule has 23 heavy (non-hydrogen) atoms. The summed E-state index contributed by atoms with van der Waals surface area (Å²) < 4.78 is 1.83. The van der Waals surface area contributed by atoms with Crippen LogP contribution in [0.2, 0.25) is 0 Å². The SMILES string of the molecule is CCc1ccc([C@H](C)NC(=O)[C@@H](C)c2c(C)nn(C)c2C)cc1. The van der Waals surface area contributed by atoms with Crippen molar-refractivity contribution in [2.24, 2.45) is 7.05 Å². The zero-order valence-corrected chi connectivity index (χ0v) is 15.0. The molecule has 1 amide bonds. The fourth-order valence-corrected chi connectivity index (χ4v) is 3.01. The Morgan fingerprint density at radius 3 is 2.30 bits per heavy atom. The van der Waals surface area contributed by atoms with Crippen molar-refractivity contribution in [3.63, 3.8) is 0 Å². The quantitative estimate of drug-likeness (QED) is 0.917. The fourth-order valence-electron chi connectivity index (χ4n) is 3.01.